The number of carbonyl (C=O) groups excluding carboxylic acids is 1. The number of hydrogen-bond acceptors (Lipinski definition) is 4. The van der Waals surface area contributed by atoms with Gasteiger partial charge in [0.25, 0.3) is 0 Å². The fourth-order valence-electron chi connectivity index (χ4n) is 3.41. The lowest BCUT2D eigenvalue weighted by atomic mass is 9.87. The number of carbonyl (C=O) groups is 1. The van der Waals surface area contributed by atoms with Crippen LogP contribution in [0, 0.1) is 5.92 Å². The number of nitrogens with one attached hydrogen (secondary N) is 3. The summed E-state index contributed by atoms with van der Waals surface area (Å²) in [5.41, 5.74) is 0. The number of aliphatic imine (C=N–C) groups is 1. The third-order valence-electron chi connectivity index (χ3n) is 4.74. The fraction of sp³-hybridized carbons (Fsp3) is 0.875. The topological polar surface area (TPSA) is 99.7 Å². The molecule has 138 valence electrons. The molecular weight excluding hydrogens is 328 g/mol. The minimum absolute atomic E-state index is 0.0814. The molecule has 1 atom stereocenters. The van der Waals surface area contributed by atoms with Crippen LogP contribution in [-0.2, 0) is 14.6 Å². The predicted molar refractivity (Wildman–Crippen MR) is 95.8 cm³/mol. The maximum Gasteiger partial charge on any atom is 0.220 e. The van der Waals surface area contributed by atoms with Crippen molar-refractivity contribution in [3.05, 3.63) is 0 Å². The van der Waals surface area contributed by atoms with E-state index >= 15 is 0 Å². The molecule has 0 radical (unpaired) electrons. The molecule has 1 amide bonds. The molecule has 24 heavy (non-hydrogen) atoms. The van der Waals surface area contributed by atoms with E-state index in [-0.39, 0.29) is 23.5 Å². The molecule has 3 N–H and O–H groups in total. The van der Waals surface area contributed by atoms with Gasteiger partial charge in [0.05, 0.1) is 11.5 Å². The Kier molecular flexibility index (Phi) is 7.33. The van der Waals surface area contributed by atoms with E-state index in [0.29, 0.717) is 37.8 Å². The molecule has 0 aromatic carbocycles. The summed E-state index contributed by atoms with van der Waals surface area (Å²) in [6.45, 7) is 1.10. The summed E-state index contributed by atoms with van der Waals surface area (Å²) in [6.07, 6.45) is 7.39. The number of guanidine groups is 1. The minimum atomic E-state index is -2.90. The molecule has 2 fully saturated rings. The lowest BCUT2D eigenvalue weighted by Crippen LogP contribution is -2.46. The second-order valence-corrected chi connectivity index (χ2v) is 9.03. The Morgan fingerprint density at radius 2 is 1.79 bits per heavy atom. The molecule has 1 aliphatic heterocycles. The smallest absolute Gasteiger partial charge is 0.220 e. The number of nitrogens with zero attached hydrogens (tertiary/aromatic N) is 1. The highest BCUT2D eigenvalue weighted by molar-refractivity contribution is 7.91. The summed E-state index contributed by atoms with van der Waals surface area (Å²) in [6, 6.07) is -0.0814. The number of rotatable bonds is 6. The summed E-state index contributed by atoms with van der Waals surface area (Å²) < 4.78 is 22.9. The second kappa shape index (κ2) is 9.25. The van der Waals surface area contributed by atoms with E-state index in [9.17, 15) is 13.2 Å². The van der Waals surface area contributed by atoms with Crippen molar-refractivity contribution >= 4 is 21.7 Å². The van der Waals surface area contributed by atoms with Gasteiger partial charge in [-0.3, -0.25) is 9.79 Å². The van der Waals surface area contributed by atoms with E-state index in [2.05, 4.69) is 20.9 Å². The molecular formula is C16H30N4O3S. The van der Waals surface area contributed by atoms with Gasteiger partial charge < -0.3 is 16.0 Å². The summed E-state index contributed by atoms with van der Waals surface area (Å²) in [5, 5.41) is 9.17. The van der Waals surface area contributed by atoms with Crippen LogP contribution in [0.5, 0.6) is 0 Å². The Morgan fingerprint density at radius 3 is 2.42 bits per heavy atom. The molecule has 1 heterocycles. The third-order valence-corrected chi connectivity index (χ3v) is 6.50. The van der Waals surface area contributed by atoms with Gasteiger partial charge in [-0.25, -0.2) is 8.42 Å². The first kappa shape index (κ1) is 19.0. The van der Waals surface area contributed by atoms with Crippen LogP contribution in [0.2, 0.25) is 0 Å². The molecule has 2 aliphatic rings. The van der Waals surface area contributed by atoms with Gasteiger partial charge in [0.1, 0.15) is 0 Å². The first-order valence-corrected chi connectivity index (χ1v) is 10.7. The third kappa shape index (κ3) is 6.67. The summed E-state index contributed by atoms with van der Waals surface area (Å²) in [5.74, 6) is 1.64. The molecule has 0 aromatic heterocycles. The standard InChI is InChI=1S/C16H30N4O3S/c1-17-16(20-14-7-10-24(22,23)12-14)19-9-8-18-15(21)11-13-5-3-2-4-6-13/h13-14H,2-12H2,1H3,(H,18,21)(H2,17,19,20). The average Bonchev–Trinajstić information content (AvgIpc) is 2.90. The Labute approximate surface area is 145 Å². The Morgan fingerprint density at radius 1 is 1.08 bits per heavy atom. The first-order valence-electron chi connectivity index (χ1n) is 8.93. The summed E-state index contributed by atoms with van der Waals surface area (Å²) in [7, 11) is -1.25. The van der Waals surface area contributed by atoms with Crippen molar-refractivity contribution in [1.82, 2.24) is 16.0 Å². The van der Waals surface area contributed by atoms with Crippen LogP contribution < -0.4 is 16.0 Å². The first-order chi connectivity index (χ1) is 11.5. The van der Waals surface area contributed by atoms with Gasteiger partial charge in [0.15, 0.2) is 15.8 Å². The van der Waals surface area contributed by atoms with Crippen molar-refractivity contribution in [2.24, 2.45) is 10.9 Å². The molecule has 0 spiro atoms. The Hall–Kier alpha value is -1.31. The van der Waals surface area contributed by atoms with Gasteiger partial charge in [-0.15, -0.1) is 0 Å². The van der Waals surface area contributed by atoms with Crippen LogP contribution in [0.4, 0.5) is 0 Å². The lowest BCUT2D eigenvalue weighted by Gasteiger charge is -2.21. The van der Waals surface area contributed by atoms with Crippen molar-refractivity contribution in [3.8, 4) is 0 Å². The lowest BCUT2D eigenvalue weighted by molar-refractivity contribution is -0.122. The highest BCUT2D eigenvalue weighted by Gasteiger charge is 2.28. The van der Waals surface area contributed by atoms with Crippen LogP contribution in [0.3, 0.4) is 0 Å². The average molecular weight is 359 g/mol. The van der Waals surface area contributed by atoms with Crippen LogP contribution in [0.25, 0.3) is 0 Å². The van der Waals surface area contributed by atoms with Crippen molar-refractivity contribution < 1.29 is 13.2 Å². The van der Waals surface area contributed by atoms with E-state index in [4.69, 9.17) is 0 Å². The number of amides is 1. The van der Waals surface area contributed by atoms with Crippen LogP contribution in [-0.4, -0.2) is 58.0 Å². The zero-order chi connectivity index (χ0) is 17.4. The highest BCUT2D eigenvalue weighted by atomic mass is 32.2. The van der Waals surface area contributed by atoms with Crippen LogP contribution in [0.1, 0.15) is 44.9 Å². The van der Waals surface area contributed by atoms with Crippen LogP contribution in [0.15, 0.2) is 4.99 Å². The quantitative estimate of drug-likeness (QED) is 0.363. The van der Waals surface area contributed by atoms with E-state index in [1.54, 1.807) is 7.05 Å². The molecule has 1 unspecified atom stereocenters. The van der Waals surface area contributed by atoms with Crippen molar-refractivity contribution in [3.63, 3.8) is 0 Å². The van der Waals surface area contributed by atoms with Gasteiger partial charge in [-0.05, 0) is 25.2 Å². The van der Waals surface area contributed by atoms with E-state index in [0.717, 1.165) is 0 Å². The molecule has 8 heteroatoms. The summed E-state index contributed by atoms with van der Waals surface area (Å²) in [4.78, 5) is 16.0. The monoisotopic (exact) mass is 358 g/mol. The minimum Gasteiger partial charge on any atom is -0.355 e. The maximum atomic E-state index is 11.9. The van der Waals surface area contributed by atoms with Gasteiger partial charge >= 0.3 is 0 Å². The largest absolute Gasteiger partial charge is 0.355 e. The number of sulfone groups is 1. The second-order valence-electron chi connectivity index (χ2n) is 6.80. The highest BCUT2D eigenvalue weighted by Crippen LogP contribution is 2.25. The molecule has 2 rings (SSSR count). The van der Waals surface area contributed by atoms with Gasteiger partial charge in [0.2, 0.25) is 5.91 Å². The molecule has 1 saturated carbocycles. The Balaban J connectivity index is 1.59. The summed E-state index contributed by atoms with van der Waals surface area (Å²) >= 11 is 0. The molecule has 0 bridgehead atoms. The molecule has 1 aliphatic carbocycles. The predicted octanol–water partition coefficient (Wildman–Crippen LogP) is 0.425. The van der Waals surface area contributed by atoms with Crippen molar-refractivity contribution in [1.29, 1.82) is 0 Å². The van der Waals surface area contributed by atoms with Crippen molar-refractivity contribution in [2.75, 3.05) is 31.6 Å². The van der Waals surface area contributed by atoms with Crippen LogP contribution >= 0.6 is 0 Å². The van der Waals surface area contributed by atoms with E-state index in [1.165, 1.54) is 32.1 Å². The number of hydrogen-bond donors (Lipinski definition) is 3. The molecule has 1 saturated heterocycles. The van der Waals surface area contributed by atoms with Gasteiger partial charge in [0, 0.05) is 32.6 Å². The Bertz CT molecular complexity index is 542. The van der Waals surface area contributed by atoms with E-state index in [1.807, 2.05) is 0 Å². The molecule has 0 aromatic rings. The van der Waals surface area contributed by atoms with Gasteiger partial charge in [-0.1, -0.05) is 19.3 Å². The molecule has 7 nitrogen and oxygen atoms in total. The normalized spacial score (nSPS) is 24.5. The zero-order valence-electron chi connectivity index (χ0n) is 14.5. The van der Waals surface area contributed by atoms with E-state index < -0.39 is 9.84 Å². The van der Waals surface area contributed by atoms with Crippen molar-refractivity contribution in [2.45, 2.75) is 51.0 Å². The fourth-order valence-corrected chi connectivity index (χ4v) is 5.08. The SMILES string of the molecule is CN=C(NCCNC(=O)CC1CCCCC1)NC1CCS(=O)(=O)C1. The zero-order valence-corrected chi connectivity index (χ0v) is 15.3. The van der Waals surface area contributed by atoms with Gasteiger partial charge in [-0.2, -0.15) is 0 Å². The maximum absolute atomic E-state index is 11.9.